The highest BCUT2D eigenvalue weighted by Crippen LogP contribution is 2.30. The summed E-state index contributed by atoms with van der Waals surface area (Å²) in [7, 11) is 1.71. The topological polar surface area (TPSA) is 152 Å². The maximum absolute atomic E-state index is 13.0. The lowest BCUT2D eigenvalue weighted by Crippen LogP contribution is -2.54. The normalized spacial score (nSPS) is 18.8. The Morgan fingerprint density at radius 1 is 1.24 bits per heavy atom. The average Bonchev–Trinajstić information content (AvgIpc) is 3.18. The summed E-state index contributed by atoms with van der Waals surface area (Å²) < 4.78 is 1.54. The van der Waals surface area contributed by atoms with E-state index in [1.165, 1.54) is 4.68 Å². The molecule has 3 heterocycles. The smallest absolute Gasteiger partial charge is 0.262 e. The highest BCUT2D eigenvalue weighted by Gasteiger charge is 2.45. The van der Waals surface area contributed by atoms with Crippen LogP contribution in [-0.4, -0.2) is 49.3 Å². The van der Waals surface area contributed by atoms with E-state index in [4.69, 9.17) is 5.73 Å². The van der Waals surface area contributed by atoms with Crippen LogP contribution in [0.15, 0.2) is 18.2 Å². The zero-order valence-corrected chi connectivity index (χ0v) is 15.6. The molecule has 2 aliphatic heterocycles. The summed E-state index contributed by atoms with van der Waals surface area (Å²) >= 11 is 0. The summed E-state index contributed by atoms with van der Waals surface area (Å²) in [4.78, 5) is 54.6. The Hall–Kier alpha value is -3.60. The van der Waals surface area contributed by atoms with Crippen LogP contribution in [0.1, 0.15) is 44.9 Å². The second-order valence-electron chi connectivity index (χ2n) is 6.82. The standard InChI is InChI=1S/C18H19N7O4/c1-24-18(21-12(7-19)23-24)20-8-9-3-2-4-10-14(9)17(29)25(16(10)28)11-5-6-13(26)22-15(11)27/h2-4,11H,5-8,19H2,1H3,(H,20,21,23)(H,22,26,27). The molecular weight excluding hydrogens is 378 g/mol. The fraction of sp³-hybridized carbons (Fsp3) is 0.333. The van der Waals surface area contributed by atoms with Gasteiger partial charge in [0.2, 0.25) is 17.8 Å². The number of rotatable bonds is 5. The van der Waals surface area contributed by atoms with Crippen molar-refractivity contribution in [3.63, 3.8) is 0 Å². The Balaban J connectivity index is 1.60. The van der Waals surface area contributed by atoms with E-state index >= 15 is 0 Å². The van der Waals surface area contributed by atoms with Crippen molar-refractivity contribution in [2.24, 2.45) is 12.8 Å². The number of nitrogens with zero attached hydrogens (tertiary/aromatic N) is 4. The van der Waals surface area contributed by atoms with Gasteiger partial charge in [-0.25, -0.2) is 4.68 Å². The number of nitrogens with one attached hydrogen (secondary N) is 2. The summed E-state index contributed by atoms with van der Waals surface area (Å²) in [5, 5.41) is 9.42. The highest BCUT2D eigenvalue weighted by molar-refractivity contribution is 6.24. The zero-order chi connectivity index (χ0) is 20.7. The van der Waals surface area contributed by atoms with Crippen LogP contribution in [0.4, 0.5) is 5.95 Å². The molecule has 0 spiro atoms. The molecule has 1 atom stereocenters. The molecule has 1 fully saturated rings. The largest absolute Gasteiger partial charge is 0.350 e. The summed E-state index contributed by atoms with van der Waals surface area (Å²) in [6.07, 6.45) is 0.193. The number of imide groups is 2. The molecule has 1 aromatic carbocycles. The maximum Gasteiger partial charge on any atom is 0.262 e. The molecule has 2 aliphatic rings. The molecule has 0 aliphatic carbocycles. The second kappa shape index (κ2) is 7.09. The predicted molar refractivity (Wildman–Crippen MR) is 99.3 cm³/mol. The van der Waals surface area contributed by atoms with E-state index in [9.17, 15) is 19.2 Å². The first kappa shape index (κ1) is 18.7. The van der Waals surface area contributed by atoms with Gasteiger partial charge < -0.3 is 11.1 Å². The van der Waals surface area contributed by atoms with Crippen LogP contribution in [-0.2, 0) is 29.7 Å². The fourth-order valence-corrected chi connectivity index (χ4v) is 3.58. The Kier molecular flexibility index (Phi) is 4.59. The number of hydrogen-bond acceptors (Lipinski definition) is 8. The number of aromatic nitrogens is 3. The van der Waals surface area contributed by atoms with Gasteiger partial charge in [-0.15, -0.1) is 0 Å². The van der Waals surface area contributed by atoms with E-state index in [-0.39, 0.29) is 37.1 Å². The lowest BCUT2D eigenvalue weighted by atomic mass is 10.0. The quantitative estimate of drug-likeness (QED) is 0.559. The Morgan fingerprint density at radius 3 is 2.72 bits per heavy atom. The van der Waals surface area contributed by atoms with Crippen LogP contribution >= 0.6 is 0 Å². The minimum absolute atomic E-state index is 0.0772. The zero-order valence-electron chi connectivity index (χ0n) is 15.6. The van der Waals surface area contributed by atoms with Crippen molar-refractivity contribution < 1.29 is 19.2 Å². The molecule has 11 nitrogen and oxygen atoms in total. The Labute approximate surface area is 165 Å². The molecule has 4 amide bonds. The number of hydrogen-bond donors (Lipinski definition) is 3. The second-order valence-corrected chi connectivity index (χ2v) is 6.82. The van der Waals surface area contributed by atoms with Crippen LogP contribution in [0.25, 0.3) is 0 Å². The molecule has 1 aromatic heterocycles. The van der Waals surface area contributed by atoms with E-state index in [1.807, 2.05) is 0 Å². The van der Waals surface area contributed by atoms with Gasteiger partial charge in [-0.05, 0) is 18.1 Å². The summed E-state index contributed by atoms with van der Waals surface area (Å²) in [6.45, 7) is 0.423. The van der Waals surface area contributed by atoms with Crippen LogP contribution in [0.3, 0.4) is 0 Å². The molecule has 0 saturated carbocycles. The minimum Gasteiger partial charge on any atom is -0.350 e. The third kappa shape index (κ3) is 3.14. The SMILES string of the molecule is Cn1nc(CN)nc1NCc1cccc2c1C(=O)N(C1CCC(=O)NC1=O)C2=O. The molecular formula is C18H19N7O4. The molecule has 29 heavy (non-hydrogen) atoms. The lowest BCUT2D eigenvalue weighted by molar-refractivity contribution is -0.136. The van der Waals surface area contributed by atoms with Gasteiger partial charge >= 0.3 is 0 Å². The molecule has 1 saturated heterocycles. The molecule has 150 valence electrons. The van der Waals surface area contributed by atoms with Crippen molar-refractivity contribution in [1.29, 1.82) is 0 Å². The number of carbonyl (C=O) groups is 4. The van der Waals surface area contributed by atoms with Crippen molar-refractivity contribution in [2.75, 3.05) is 5.32 Å². The molecule has 1 unspecified atom stereocenters. The number of amides is 4. The van der Waals surface area contributed by atoms with Crippen molar-refractivity contribution in [3.8, 4) is 0 Å². The summed E-state index contributed by atoms with van der Waals surface area (Å²) in [5.74, 6) is -1.18. The van der Waals surface area contributed by atoms with E-state index in [0.717, 1.165) is 4.90 Å². The lowest BCUT2D eigenvalue weighted by Gasteiger charge is -2.27. The molecule has 4 rings (SSSR count). The van der Waals surface area contributed by atoms with Gasteiger partial charge in [0.1, 0.15) is 6.04 Å². The maximum atomic E-state index is 13.0. The third-order valence-electron chi connectivity index (χ3n) is 4.98. The van der Waals surface area contributed by atoms with E-state index < -0.39 is 29.7 Å². The van der Waals surface area contributed by atoms with Crippen molar-refractivity contribution in [2.45, 2.75) is 32.0 Å². The first-order chi connectivity index (χ1) is 13.9. The first-order valence-corrected chi connectivity index (χ1v) is 9.08. The van der Waals surface area contributed by atoms with Crippen molar-refractivity contribution >= 4 is 29.6 Å². The third-order valence-corrected chi connectivity index (χ3v) is 4.98. The fourth-order valence-electron chi connectivity index (χ4n) is 3.58. The molecule has 4 N–H and O–H groups in total. The minimum atomic E-state index is -0.994. The van der Waals surface area contributed by atoms with Gasteiger partial charge in [0, 0.05) is 20.0 Å². The van der Waals surface area contributed by atoms with Crippen LogP contribution < -0.4 is 16.4 Å². The Bertz CT molecular complexity index is 1040. The van der Waals surface area contributed by atoms with E-state index in [1.54, 1.807) is 25.2 Å². The molecule has 0 bridgehead atoms. The number of carbonyl (C=O) groups excluding carboxylic acids is 4. The first-order valence-electron chi connectivity index (χ1n) is 9.08. The summed E-state index contributed by atoms with van der Waals surface area (Å²) in [6, 6.07) is 3.97. The average molecular weight is 397 g/mol. The highest BCUT2D eigenvalue weighted by atomic mass is 16.2. The Morgan fingerprint density at radius 2 is 2.03 bits per heavy atom. The number of anilines is 1. The number of benzene rings is 1. The molecule has 0 radical (unpaired) electrons. The molecule has 11 heteroatoms. The van der Waals surface area contributed by atoms with Gasteiger partial charge in [0.05, 0.1) is 17.7 Å². The van der Waals surface area contributed by atoms with Gasteiger partial charge in [-0.1, -0.05) is 12.1 Å². The number of aryl methyl sites for hydroxylation is 1. The number of nitrogens with two attached hydrogens (primary N) is 1. The van der Waals surface area contributed by atoms with Crippen molar-refractivity contribution in [3.05, 3.63) is 40.7 Å². The van der Waals surface area contributed by atoms with Crippen molar-refractivity contribution in [1.82, 2.24) is 25.0 Å². The van der Waals surface area contributed by atoms with Gasteiger partial charge in [0.15, 0.2) is 5.82 Å². The van der Waals surface area contributed by atoms with Crippen LogP contribution in [0, 0.1) is 0 Å². The number of fused-ring (bicyclic) bond motifs is 1. The van der Waals surface area contributed by atoms with Gasteiger partial charge in [0.25, 0.3) is 11.8 Å². The van der Waals surface area contributed by atoms with Gasteiger partial charge in [-0.3, -0.25) is 29.4 Å². The molecule has 2 aromatic rings. The number of piperidine rings is 1. The van der Waals surface area contributed by atoms with Crippen LogP contribution in [0.5, 0.6) is 0 Å². The predicted octanol–water partition coefficient (Wildman–Crippen LogP) is -0.713. The van der Waals surface area contributed by atoms with E-state index in [0.29, 0.717) is 17.3 Å². The van der Waals surface area contributed by atoms with Crippen LogP contribution in [0.2, 0.25) is 0 Å². The monoisotopic (exact) mass is 397 g/mol. The van der Waals surface area contributed by atoms with E-state index in [2.05, 4.69) is 20.7 Å². The van der Waals surface area contributed by atoms with Gasteiger partial charge in [-0.2, -0.15) is 10.1 Å². The summed E-state index contributed by atoms with van der Waals surface area (Å²) in [5.41, 5.74) is 6.62.